The van der Waals surface area contributed by atoms with Gasteiger partial charge in [-0.15, -0.1) is 6.58 Å². The monoisotopic (exact) mass is 393 g/mol. The summed E-state index contributed by atoms with van der Waals surface area (Å²) in [6.07, 6.45) is 4.97. The average Bonchev–Trinajstić information content (AvgIpc) is 3.22. The molecule has 8 nitrogen and oxygen atoms in total. The maximum atomic E-state index is 13.2. The summed E-state index contributed by atoms with van der Waals surface area (Å²) in [7, 11) is 0. The van der Waals surface area contributed by atoms with Crippen molar-refractivity contribution in [2.45, 2.75) is 32.4 Å². The van der Waals surface area contributed by atoms with Crippen molar-refractivity contribution in [2.75, 3.05) is 13.2 Å². The summed E-state index contributed by atoms with van der Waals surface area (Å²) >= 11 is 0. The van der Waals surface area contributed by atoms with E-state index in [4.69, 9.17) is 15.1 Å². The Balaban J connectivity index is 2.02. The van der Waals surface area contributed by atoms with Crippen LogP contribution in [0, 0.1) is 12.3 Å². The van der Waals surface area contributed by atoms with Gasteiger partial charge in [-0.25, -0.2) is 4.98 Å². The molecule has 1 saturated heterocycles. The first-order valence-electron chi connectivity index (χ1n) is 9.62. The number of aryl methyl sites for hydroxylation is 1. The van der Waals surface area contributed by atoms with Gasteiger partial charge in [0.1, 0.15) is 16.8 Å². The first kappa shape index (κ1) is 19.1. The van der Waals surface area contributed by atoms with Crippen molar-refractivity contribution in [3.63, 3.8) is 0 Å². The van der Waals surface area contributed by atoms with Crippen LogP contribution < -0.4 is 16.4 Å². The molecule has 1 atom stereocenters. The fraction of sp³-hybridized carbons (Fsp3) is 0.333. The third-order valence-corrected chi connectivity index (χ3v) is 5.20. The Bertz CT molecular complexity index is 1240. The number of amides is 1. The predicted octanol–water partition coefficient (Wildman–Crippen LogP) is 1.53. The molecule has 2 N–H and O–H groups in total. The van der Waals surface area contributed by atoms with E-state index in [1.807, 2.05) is 13.0 Å². The standard InChI is InChI=1S/C21H23N5O3/c1-3-8-23-20(27)15-11-16-19(26(17(15)22)12-14-7-5-10-29-14)24-18-13(2)6-4-9-25(18)21(16)28/h3-4,6,9,11,14,22H,1,5,7-8,10,12H2,2H3,(H,23,27). The highest BCUT2D eigenvalue weighted by molar-refractivity contribution is 5.96. The lowest BCUT2D eigenvalue weighted by Crippen LogP contribution is -2.36. The zero-order valence-corrected chi connectivity index (χ0v) is 16.3. The van der Waals surface area contributed by atoms with Crippen LogP contribution in [0.15, 0.2) is 41.8 Å². The van der Waals surface area contributed by atoms with Gasteiger partial charge in [-0.2, -0.15) is 0 Å². The van der Waals surface area contributed by atoms with E-state index in [2.05, 4.69) is 11.9 Å². The third kappa shape index (κ3) is 3.36. The minimum atomic E-state index is -0.424. The molecule has 0 spiro atoms. The zero-order chi connectivity index (χ0) is 20.5. The third-order valence-electron chi connectivity index (χ3n) is 5.20. The van der Waals surface area contributed by atoms with E-state index in [1.165, 1.54) is 10.5 Å². The van der Waals surface area contributed by atoms with E-state index in [0.29, 0.717) is 29.8 Å². The van der Waals surface area contributed by atoms with Gasteiger partial charge in [-0.3, -0.25) is 19.4 Å². The Morgan fingerprint density at radius 1 is 1.48 bits per heavy atom. The Labute approximate surface area is 167 Å². The number of carbonyl (C=O) groups is 1. The number of fused-ring (bicyclic) bond motifs is 2. The van der Waals surface area contributed by atoms with Crippen LogP contribution >= 0.6 is 0 Å². The van der Waals surface area contributed by atoms with E-state index in [9.17, 15) is 9.59 Å². The topological polar surface area (TPSA) is 101 Å². The molecule has 3 aromatic heterocycles. The number of hydrogen-bond acceptors (Lipinski definition) is 5. The molecule has 29 heavy (non-hydrogen) atoms. The summed E-state index contributed by atoms with van der Waals surface area (Å²) < 4.78 is 8.84. The van der Waals surface area contributed by atoms with E-state index < -0.39 is 5.91 Å². The molecule has 1 aliphatic rings. The van der Waals surface area contributed by atoms with Gasteiger partial charge in [0.15, 0.2) is 0 Å². The summed E-state index contributed by atoms with van der Waals surface area (Å²) in [6.45, 7) is 6.80. The highest BCUT2D eigenvalue weighted by atomic mass is 16.5. The fourth-order valence-corrected chi connectivity index (χ4v) is 3.70. The summed E-state index contributed by atoms with van der Waals surface area (Å²) in [5.41, 5.74) is 1.66. The lowest BCUT2D eigenvalue weighted by atomic mass is 10.1. The minimum Gasteiger partial charge on any atom is -0.376 e. The molecule has 0 aromatic carbocycles. The summed E-state index contributed by atoms with van der Waals surface area (Å²) in [5, 5.41) is 11.6. The number of aromatic nitrogens is 3. The van der Waals surface area contributed by atoms with Crippen molar-refractivity contribution >= 4 is 22.6 Å². The van der Waals surface area contributed by atoms with Crippen LogP contribution in [-0.2, 0) is 11.3 Å². The van der Waals surface area contributed by atoms with E-state index >= 15 is 0 Å². The van der Waals surface area contributed by atoms with Crippen LogP contribution in [0.3, 0.4) is 0 Å². The van der Waals surface area contributed by atoms with Crippen molar-refractivity contribution in [1.82, 2.24) is 19.3 Å². The summed E-state index contributed by atoms with van der Waals surface area (Å²) in [6, 6.07) is 5.14. The minimum absolute atomic E-state index is 0.0133. The number of nitrogens with zero attached hydrogens (tertiary/aromatic N) is 3. The first-order chi connectivity index (χ1) is 14.0. The maximum Gasteiger partial charge on any atom is 0.267 e. The molecule has 0 aliphatic carbocycles. The molecule has 0 bridgehead atoms. The van der Waals surface area contributed by atoms with Crippen molar-refractivity contribution in [3.8, 4) is 0 Å². The smallest absolute Gasteiger partial charge is 0.267 e. The molecule has 0 saturated carbocycles. The Hall–Kier alpha value is -3.26. The highest BCUT2D eigenvalue weighted by Gasteiger charge is 2.22. The number of hydrogen-bond donors (Lipinski definition) is 2. The molecule has 4 rings (SSSR count). The second-order valence-corrected chi connectivity index (χ2v) is 7.19. The molecule has 0 radical (unpaired) electrons. The molecule has 1 unspecified atom stereocenters. The van der Waals surface area contributed by atoms with Gasteiger partial charge in [0.25, 0.3) is 11.5 Å². The second kappa shape index (κ2) is 7.63. The number of carbonyl (C=O) groups excluding carboxylic acids is 1. The van der Waals surface area contributed by atoms with Gasteiger partial charge in [-0.05, 0) is 37.5 Å². The van der Waals surface area contributed by atoms with Crippen molar-refractivity contribution in [2.24, 2.45) is 0 Å². The predicted molar refractivity (Wildman–Crippen MR) is 109 cm³/mol. The molecule has 4 heterocycles. The molecule has 3 aromatic rings. The van der Waals surface area contributed by atoms with Crippen LogP contribution in [0.5, 0.6) is 0 Å². The van der Waals surface area contributed by atoms with Crippen LogP contribution in [0.4, 0.5) is 0 Å². The van der Waals surface area contributed by atoms with Crippen molar-refractivity contribution < 1.29 is 9.53 Å². The van der Waals surface area contributed by atoms with Gasteiger partial charge in [-0.1, -0.05) is 12.1 Å². The van der Waals surface area contributed by atoms with Gasteiger partial charge in [0.05, 0.1) is 23.6 Å². The number of rotatable bonds is 5. The molecule has 1 amide bonds. The fourth-order valence-electron chi connectivity index (χ4n) is 3.70. The summed E-state index contributed by atoms with van der Waals surface area (Å²) in [5.74, 6) is -0.424. The van der Waals surface area contributed by atoms with E-state index in [0.717, 1.165) is 18.4 Å². The van der Waals surface area contributed by atoms with Crippen LogP contribution in [0.1, 0.15) is 28.8 Å². The maximum absolute atomic E-state index is 13.2. The van der Waals surface area contributed by atoms with Crippen molar-refractivity contribution in [3.05, 3.63) is 64.0 Å². The molecule has 1 fully saturated rings. The number of nitrogens with one attached hydrogen (secondary N) is 2. The van der Waals surface area contributed by atoms with Crippen LogP contribution in [0.25, 0.3) is 16.7 Å². The zero-order valence-electron chi connectivity index (χ0n) is 16.3. The Morgan fingerprint density at radius 3 is 3.03 bits per heavy atom. The van der Waals surface area contributed by atoms with E-state index in [-0.39, 0.29) is 29.3 Å². The Kier molecular flexibility index (Phi) is 5.02. The molecule has 1 aliphatic heterocycles. The normalized spacial score (nSPS) is 16.4. The molecule has 8 heteroatoms. The van der Waals surface area contributed by atoms with Crippen molar-refractivity contribution in [1.29, 1.82) is 5.41 Å². The Morgan fingerprint density at radius 2 is 2.31 bits per heavy atom. The largest absolute Gasteiger partial charge is 0.376 e. The van der Waals surface area contributed by atoms with Crippen LogP contribution in [-0.4, -0.2) is 39.1 Å². The molecular formula is C21H23N5O3. The lowest BCUT2D eigenvalue weighted by Gasteiger charge is -2.17. The van der Waals surface area contributed by atoms with Gasteiger partial charge >= 0.3 is 0 Å². The summed E-state index contributed by atoms with van der Waals surface area (Å²) in [4.78, 5) is 30.5. The van der Waals surface area contributed by atoms with E-state index in [1.54, 1.807) is 22.9 Å². The molecular weight excluding hydrogens is 370 g/mol. The number of ether oxygens (including phenoxy) is 1. The average molecular weight is 393 g/mol. The quantitative estimate of drug-likeness (QED) is 0.507. The van der Waals surface area contributed by atoms with Gasteiger partial charge in [0, 0.05) is 19.3 Å². The lowest BCUT2D eigenvalue weighted by molar-refractivity contribution is 0.0935. The van der Waals surface area contributed by atoms with Gasteiger partial charge in [0.2, 0.25) is 0 Å². The second-order valence-electron chi connectivity index (χ2n) is 7.19. The number of pyridine rings is 2. The van der Waals surface area contributed by atoms with Gasteiger partial charge < -0.3 is 14.6 Å². The van der Waals surface area contributed by atoms with Crippen LogP contribution in [0.2, 0.25) is 0 Å². The SMILES string of the molecule is C=CCNC(=O)c1cc2c(=O)n3cccc(C)c3nc2n(CC2CCCO2)c1=N. The highest BCUT2D eigenvalue weighted by Crippen LogP contribution is 2.17. The first-order valence-corrected chi connectivity index (χ1v) is 9.62. The molecule has 150 valence electrons.